The van der Waals surface area contributed by atoms with Crippen molar-refractivity contribution in [1.82, 2.24) is 0 Å². The number of fused-ring (bicyclic) bond motifs is 2. The summed E-state index contributed by atoms with van der Waals surface area (Å²) in [7, 11) is 0. The molecule has 1 heteroatoms. The normalized spacial score (nSPS) is 20.2. The molecular formula is C39H44Hf. The molecule has 0 saturated carbocycles. The topological polar surface area (TPSA) is 0 Å². The van der Waals surface area contributed by atoms with Gasteiger partial charge in [0.1, 0.15) is 0 Å². The summed E-state index contributed by atoms with van der Waals surface area (Å²) < 4.78 is 14.4. The van der Waals surface area contributed by atoms with Crippen LogP contribution < -0.4 is 0 Å². The summed E-state index contributed by atoms with van der Waals surface area (Å²) in [6.45, 7) is 4.78. The van der Waals surface area contributed by atoms with Crippen LogP contribution >= 0.6 is 0 Å². The van der Waals surface area contributed by atoms with Gasteiger partial charge in [-0.15, -0.1) is 0 Å². The fourth-order valence-corrected chi connectivity index (χ4v) is 52.7. The number of benzene rings is 4. The van der Waals surface area contributed by atoms with Gasteiger partial charge in [-0.2, -0.15) is 0 Å². The maximum absolute atomic E-state index is 5.81. The average molecular weight is 691 g/mol. The van der Waals surface area contributed by atoms with Crippen LogP contribution in [0.15, 0.2) is 109 Å². The first kappa shape index (κ1) is 27.3. The van der Waals surface area contributed by atoms with Crippen molar-refractivity contribution in [3.05, 3.63) is 131 Å². The van der Waals surface area contributed by atoms with E-state index >= 15 is 0 Å². The van der Waals surface area contributed by atoms with Crippen molar-refractivity contribution in [2.75, 3.05) is 0 Å². The molecule has 0 amide bonds. The van der Waals surface area contributed by atoms with Crippen LogP contribution in [0.3, 0.4) is 0 Å². The molecule has 4 aromatic carbocycles. The van der Waals surface area contributed by atoms with E-state index in [0.717, 1.165) is 12.8 Å². The molecule has 204 valence electrons. The fraction of sp³-hybridized carbons (Fsp3) is 0.256. The van der Waals surface area contributed by atoms with Crippen LogP contribution in [0.1, 0.15) is 56.3 Å². The minimum absolute atomic E-state index is 0.337. The monoisotopic (exact) mass is 692 g/mol. The van der Waals surface area contributed by atoms with Crippen LogP contribution in [0.25, 0.3) is 34.4 Å². The van der Waals surface area contributed by atoms with Crippen LogP contribution in [0.2, 0.25) is 17.7 Å². The Kier molecular flexibility index (Phi) is 5.83. The predicted octanol–water partition coefficient (Wildman–Crippen LogP) is 11.8. The predicted molar refractivity (Wildman–Crippen MR) is 176 cm³/mol. The van der Waals surface area contributed by atoms with Gasteiger partial charge in [-0.25, -0.2) is 0 Å². The van der Waals surface area contributed by atoms with Gasteiger partial charge < -0.3 is 0 Å². The van der Waals surface area contributed by atoms with Gasteiger partial charge in [-0.3, -0.25) is 0 Å². The van der Waals surface area contributed by atoms with Gasteiger partial charge in [0.15, 0.2) is 0 Å². The molecular weight excluding hydrogens is 647 g/mol. The Labute approximate surface area is 235 Å². The summed E-state index contributed by atoms with van der Waals surface area (Å²) in [5.41, 5.74) is 11.1. The molecule has 0 heterocycles. The minimum atomic E-state index is -5.21. The summed E-state index contributed by atoms with van der Waals surface area (Å²) in [6.07, 6.45) is 12.4. The second kappa shape index (κ2) is 8.56. The molecule has 0 aliphatic heterocycles. The number of rotatable bonds is 8. The SMILES string of the molecule is [CH2]=[Hf]([CH3])([CH3])([CH2]CC)([CH2]CC)([CH]1C=Cc2c(-c3ccccc3)cccc21)[CH]1C=Cc2c(-c3ccccc3)cccc21. The Morgan fingerprint density at radius 3 is 1.32 bits per heavy atom. The molecule has 2 aliphatic carbocycles. The number of hydrogen-bond acceptors (Lipinski definition) is 0. The molecule has 0 spiro atoms. The molecule has 0 nitrogen and oxygen atoms in total. The van der Waals surface area contributed by atoms with Gasteiger partial charge in [0.05, 0.1) is 0 Å². The first-order valence-corrected chi connectivity index (χ1v) is 34.3. The zero-order valence-corrected chi connectivity index (χ0v) is 28.3. The van der Waals surface area contributed by atoms with E-state index in [0.29, 0.717) is 7.35 Å². The quantitative estimate of drug-likeness (QED) is 0.161. The van der Waals surface area contributed by atoms with Gasteiger partial charge in [-0.05, 0) is 0 Å². The molecule has 4 aromatic rings. The Morgan fingerprint density at radius 1 is 0.550 bits per heavy atom. The number of hydrogen-bond donors (Lipinski definition) is 0. The van der Waals surface area contributed by atoms with E-state index < -0.39 is 15.1 Å². The molecule has 2 unspecified atom stereocenters. The van der Waals surface area contributed by atoms with Crippen molar-refractivity contribution in [1.29, 1.82) is 0 Å². The van der Waals surface area contributed by atoms with Crippen molar-refractivity contribution in [2.24, 2.45) is 0 Å². The van der Waals surface area contributed by atoms with E-state index in [1.54, 1.807) is 0 Å². The molecule has 2 atom stereocenters. The van der Waals surface area contributed by atoms with Crippen molar-refractivity contribution >= 4 is 16.4 Å². The Morgan fingerprint density at radius 2 is 0.950 bits per heavy atom. The van der Waals surface area contributed by atoms with E-state index in [1.807, 2.05) is 0 Å². The molecule has 0 aromatic heterocycles. The van der Waals surface area contributed by atoms with Crippen molar-refractivity contribution in [3.63, 3.8) is 0 Å². The van der Waals surface area contributed by atoms with Crippen LogP contribution in [0.5, 0.6) is 0 Å². The van der Waals surface area contributed by atoms with Crippen LogP contribution in [-0.2, 0) is 15.1 Å². The van der Waals surface area contributed by atoms with E-state index in [-0.39, 0.29) is 0 Å². The van der Waals surface area contributed by atoms with E-state index in [4.69, 9.17) is 4.26 Å². The third-order valence-electron chi connectivity index (χ3n) is 11.7. The average Bonchev–Trinajstić information content (AvgIpc) is 3.61. The molecule has 0 radical (unpaired) electrons. The Bertz CT molecular complexity index is 1660. The maximum atomic E-state index is 5.81. The zero-order valence-electron chi connectivity index (χ0n) is 24.7. The summed E-state index contributed by atoms with van der Waals surface area (Å²) in [6, 6.07) is 35.8. The van der Waals surface area contributed by atoms with Crippen molar-refractivity contribution in [3.8, 4) is 22.3 Å². The van der Waals surface area contributed by atoms with Gasteiger partial charge in [0.25, 0.3) is 0 Å². The van der Waals surface area contributed by atoms with E-state index in [9.17, 15) is 0 Å². The van der Waals surface area contributed by atoms with Gasteiger partial charge in [0.2, 0.25) is 0 Å². The molecule has 0 fully saturated rings. The van der Waals surface area contributed by atoms with Crippen molar-refractivity contribution in [2.45, 2.75) is 51.8 Å². The second-order valence-electron chi connectivity index (χ2n) is 15.4. The van der Waals surface area contributed by atoms with Crippen molar-refractivity contribution < 1.29 is 15.1 Å². The van der Waals surface area contributed by atoms with E-state index in [1.165, 1.54) is 52.9 Å². The second-order valence-corrected chi connectivity index (χ2v) is 66.0. The van der Waals surface area contributed by atoms with Crippen LogP contribution in [0, 0.1) is 0 Å². The summed E-state index contributed by atoms with van der Waals surface area (Å²) in [4.78, 5) is 0. The molecule has 6 rings (SSSR count). The summed E-state index contributed by atoms with van der Waals surface area (Å²) >= 11 is -5.21. The van der Waals surface area contributed by atoms with Crippen LogP contribution in [-0.4, -0.2) is 4.26 Å². The molecule has 0 saturated heterocycles. The first-order valence-electron chi connectivity index (χ1n) is 15.3. The third-order valence-corrected chi connectivity index (χ3v) is 56.4. The first-order chi connectivity index (χ1) is 19.1. The van der Waals surface area contributed by atoms with Gasteiger partial charge in [-0.1, -0.05) is 0 Å². The third kappa shape index (κ3) is 3.69. The van der Waals surface area contributed by atoms with Gasteiger partial charge in [0, 0.05) is 0 Å². The molecule has 0 N–H and O–H groups in total. The fourth-order valence-electron chi connectivity index (χ4n) is 10.0. The molecule has 0 bridgehead atoms. The number of allylic oxidation sites excluding steroid dienone is 2. The Hall–Kier alpha value is -2.90. The summed E-state index contributed by atoms with van der Waals surface area (Å²) in [5, 5.41) is 0. The Balaban J connectivity index is 1.63. The standard InChI is InChI=1S/2C15H11.2C3H7.2CH3.CH2.Hf/c2*1-2-6-12(7-3-1)14-10-4-8-13-9-5-11-15(13)14;2*1-3-2;;;;/h2*1-11H;2*1,3H2,2H3;2*1H3;1H2;. The van der Waals surface area contributed by atoms with Crippen LogP contribution in [0.4, 0.5) is 0 Å². The van der Waals surface area contributed by atoms with Gasteiger partial charge >= 0.3 is 237 Å². The summed E-state index contributed by atoms with van der Waals surface area (Å²) in [5.74, 6) is 0. The molecule has 2 aliphatic rings. The zero-order chi connectivity index (χ0) is 28.1. The van der Waals surface area contributed by atoms with E-state index in [2.05, 4.69) is 145 Å². The molecule has 40 heavy (non-hydrogen) atoms.